The first-order valence-corrected chi connectivity index (χ1v) is 6.03. The van der Waals surface area contributed by atoms with Crippen LogP contribution in [-0.4, -0.2) is 26.6 Å². The van der Waals surface area contributed by atoms with Crippen LogP contribution in [0.25, 0.3) is 0 Å². The second-order valence-corrected chi connectivity index (χ2v) is 4.35. The number of hydrogen-bond acceptors (Lipinski definition) is 5. The first-order valence-electron chi connectivity index (χ1n) is 6.03. The van der Waals surface area contributed by atoms with E-state index in [0.717, 1.165) is 0 Å². The van der Waals surface area contributed by atoms with Crippen molar-refractivity contribution in [3.63, 3.8) is 0 Å². The third-order valence-electron chi connectivity index (χ3n) is 2.82. The minimum Gasteiger partial charge on any atom is -0.396 e. The summed E-state index contributed by atoms with van der Waals surface area (Å²) in [7, 11) is 0. The molecule has 0 aliphatic heterocycles. The van der Waals surface area contributed by atoms with Crippen LogP contribution in [0.5, 0.6) is 0 Å². The number of nitrogen functional groups attached to an aromatic ring is 1. The van der Waals surface area contributed by atoms with Crippen molar-refractivity contribution < 1.29 is 9.59 Å². The Labute approximate surface area is 115 Å². The number of aromatic nitrogens is 3. The van der Waals surface area contributed by atoms with Gasteiger partial charge in [-0.3, -0.25) is 14.6 Å². The Morgan fingerprint density at radius 3 is 2.80 bits per heavy atom. The van der Waals surface area contributed by atoms with Gasteiger partial charge < -0.3 is 11.1 Å². The van der Waals surface area contributed by atoms with Crippen LogP contribution in [0.3, 0.4) is 0 Å². The Bertz CT molecular complexity index is 663. The molecule has 0 saturated carbocycles. The summed E-state index contributed by atoms with van der Waals surface area (Å²) in [5.41, 5.74) is 7.77. The molecule has 3 N–H and O–H groups in total. The number of anilines is 1. The van der Waals surface area contributed by atoms with Crippen LogP contribution in [0.4, 0.5) is 5.69 Å². The normalized spacial score (nSPS) is 10.3. The zero-order valence-corrected chi connectivity index (χ0v) is 11.3. The number of hydrogen-bond donors (Lipinski definition) is 2. The monoisotopic (exact) mass is 273 g/mol. The quantitative estimate of drug-likeness (QED) is 0.847. The Morgan fingerprint density at radius 2 is 2.20 bits per heavy atom. The molecule has 2 heterocycles. The molecule has 7 nitrogen and oxygen atoms in total. The summed E-state index contributed by atoms with van der Waals surface area (Å²) >= 11 is 0. The molecule has 2 aromatic rings. The first kappa shape index (κ1) is 13.7. The topological polar surface area (TPSA) is 103 Å². The van der Waals surface area contributed by atoms with Crippen molar-refractivity contribution in [3.05, 3.63) is 41.5 Å². The van der Waals surface area contributed by atoms with Crippen molar-refractivity contribution in [1.82, 2.24) is 20.1 Å². The molecule has 0 aromatic carbocycles. The van der Waals surface area contributed by atoms with Gasteiger partial charge in [-0.15, -0.1) is 0 Å². The van der Waals surface area contributed by atoms with Crippen molar-refractivity contribution in [2.45, 2.75) is 20.4 Å². The van der Waals surface area contributed by atoms with E-state index >= 15 is 0 Å². The highest BCUT2D eigenvalue weighted by atomic mass is 16.2. The van der Waals surface area contributed by atoms with Crippen molar-refractivity contribution in [1.29, 1.82) is 0 Å². The van der Waals surface area contributed by atoms with E-state index in [1.165, 1.54) is 24.0 Å². The second kappa shape index (κ2) is 5.52. The van der Waals surface area contributed by atoms with Gasteiger partial charge in [-0.05, 0) is 19.1 Å². The number of nitrogens with one attached hydrogen (secondary N) is 1. The van der Waals surface area contributed by atoms with Gasteiger partial charge in [-0.25, -0.2) is 0 Å². The number of pyridine rings is 1. The summed E-state index contributed by atoms with van der Waals surface area (Å²) in [5.74, 6) is -0.440. The van der Waals surface area contributed by atoms with Crippen molar-refractivity contribution in [2.75, 3.05) is 5.73 Å². The van der Waals surface area contributed by atoms with Crippen molar-refractivity contribution in [2.24, 2.45) is 0 Å². The highest BCUT2D eigenvalue weighted by Crippen LogP contribution is 2.11. The van der Waals surface area contributed by atoms with Gasteiger partial charge in [0.15, 0.2) is 0 Å². The fourth-order valence-electron chi connectivity index (χ4n) is 1.67. The van der Waals surface area contributed by atoms with Crippen LogP contribution in [-0.2, 0) is 11.3 Å². The summed E-state index contributed by atoms with van der Waals surface area (Å²) in [6.45, 7) is 3.42. The fourth-order valence-corrected chi connectivity index (χ4v) is 1.67. The van der Waals surface area contributed by atoms with E-state index in [4.69, 9.17) is 5.73 Å². The molecule has 0 spiro atoms. The molecule has 1 amide bonds. The molecular weight excluding hydrogens is 258 g/mol. The summed E-state index contributed by atoms with van der Waals surface area (Å²) in [4.78, 5) is 27.3. The van der Waals surface area contributed by atoms with Gasteiger partial charge in [0.25, 0.3) is 5.91 Å². The van der Waals surface area contributed by atoms with E-state index in [-0.39, 0.29) is 18.4 Å². The minimum absolute atomic E-state index is 0.153. The third-order valence-corrected chi connectivity index (χ3v) is 2.82. The summed E-state index contributed by atoms with van der Waals surface area (Å²) in [6.07, 6.45) is 2.96. The molecule has 0 unspecified atom stereocenters. The Hall–Kier alpha value is -2.70. The lowest BCUT2D eigenvalue weighted by Crippen LogP contribution is -2.20. The molecule has 0 bridgehead atoms. The van der Waals surface area contributed by atoms with Gasteiger partial charge in [0.1, 0.15) is 0 Å². The molecule has 0 aliphatic rings. The average Bonchev–Trinajstić information content (AvgIpc) is 2.76. The van der Waals surface area contributed by atoms with E-state index in [1.807, 2.05) is 0 Å². The third kappa shape index (κ3) is 2.82. The van der Waals surface area contributed by atoms with Crippen LogP contribution in [0.2, 0.25) is 0 Å². The number of nitrogens with two attached hydrogens (primary N) is 1. The highest BCUT2D eigenvalue weighted by Gasteiger charge is 2.14. The van der Waals surface area contributed by atoms with Crippen molar-refractivity contribution in [3.8, 4) is 0 Å². The molecular formula is C13H15N5O2. The molecule has 0 aliphatic carbocycles. The lowest BCUT2D eigenvalue weighted by molar-refractivity contribution is -0.119. The molecule has 20 heavy (non-hydrogen) atoms. The van der Waals surface area contributed by atoms with Gasteiger partial charge in [0, 0.05) is 18.7 Å². The fraction of sp³-hybridized carbons (Fsp3) is 0.231. The molecule has 0 fully saturated rings. The van der Waals surface area contributed by atoms with Gasteiger partial charge in [0.2, 0.25) is 5.91 Å². The number of rotatable bonds is 3. The van der Waals surface area contributed by atoms with Gasteiger partial charge in [-0.1, -0.05) is 0 Å². The molecule has 0 atom stereocenters. The van der Waals surface area contributed by atoms with E-state index in [0.29, 0.717) is 22.6 Å². The van der Waals surface area contributed by atoms with Crippen LogP contribution < -0.4 is 11.1 Å². The summed E-state index contributed by atoms with van der Waals surface area (Å²) in [6, 6.07) is 3.21. The van der Waals surface area contributed by atoms with E-state index < -0.39 is 0 Å². The molecule has 0 saturated heterocycles. The van der Waals surface area contributed by atoms with Gasteiger partial charge >= 0.3 is 0 Å². The van der Waals surface area contributed by atoms with Crippen LogP contribution in [0, 0.1) is 6.92 Å². The smallest absolute Gasteiger partial charge is 0.278 e. The maximum atomic E-state index is 12.3. The second-order valence-electron chi connectivity index (χ2n) is 4.35. The number of amides is 1. The van der Waals surface area contributed by atoms with E-state index in [1.54, 1.807) is 19.1 Å². The average molecular weight is 273 g/mol. The predicted molar refractivity (Wildman–Crippen MR) is 72.9 cm³/mol. The highest BCUT2D eigenvalue weighted by molar-refractivity contribution is 5.96. The van der Waals surface area contributed by atoms with Crippen LogP contribution in [0.1, 0.15) is 28.7 Å². The van der Waals surface area contributed by atoms with Gasteiger partial charge in [-0.2, -0.15) is 9.78 Å². The summed E-state index contributed by atoms with van der Waals surface area (Å²) in [5, 5.41) is 6.58. The number of carbonyl (C=O) groups excluding carboxylic acids is 2. The largest absolute Gasteiger partial charge is 0.396 e. The Balaban J connectivity index is 2.24. The predicted octanol–water partition coefficient (Wildman–Crippen LogP) is 0.493. The standard InChI is InChI=1S/C13H15N5O2/c1-8-12(14)7-17-18(8)13(20)10-3-4-15-11(5-10)6-16-9(2)19/h3-5,7H,6,14H2,1-2H3,(H,16,19). The zero-order chi connectivity index (χ0) is 14.7. The van der Waals surface area contributed by atoms with Crippen LogP contribution >= 0.6 is 0 Å². The van der Waals surface area contributed by atoms with Crippen LogP contribution in [0.15, 0.2) is 24.5 Å². The zero-order valence-electron chi connectivity index (χ0n) is 11.3. The van der Waals surface area contributed by atoms with Gasteiger partial charge in [0.05, 0.1) is 29.8 Å². The maximum absolute atomic E-state index is 12.3. The molecule has 2 aromatic heterocycles. The first-order chi connectivity index (χ1) is 9.49. The molecule has 7 heteroatoms. The lowest BCUT2D eigenvalue weighted by atomic mass is 10.2. The molecule has 2 rings (SSSR count). The SMILES string of the molecule is CC(=O)NCc1cc(C(=O)n2ncc(N)c2C)ccn1. The molecule has 0 radical (unpaired) electrons. The Kier molecular flexibility index (Phi) is 3.79. The van der Waals surface area contributed by atoms with Crippen molar-refractivity contribution >= 4 is 17.5 Å². The summed E-state index contributed by atoms with van der Waals surface area (Å²) < 4.78 is 1.24. The number of nitrogens with zero attached hydrogens (tertiary/aromatic N) is 3. The van der Waals surface area contributed by atoms with E-state index in [2.05, 4.69) is 15.4 Å². The lowest BCUT2D eigenvalue weighted by Gasteiger charge is -2.06. The molecule has 104 valence electrons. The Morgan fingerprint density at radius 1 is 1.45 bits per heavy atom. The van der Waals surface area contributed by atoms with E-state index in [9.17, 15) is 9.59 Å². The maximum Gasteiger partial charge on any atom is 0.278 e. The number of carbonyl (C=O) groups is 2. The minimum atomic E-state index is -0.286.